The van der Waals surface area contributed by atoms with Gasteiger partial charge in [-0.1, -0.05) is 0 Å². The van der Waals surface area contributed by atoms with Gasteiger partial charge < -0.3 is 51.4 Å². The zero-order valence-electron chi connectivity index (χ0n) is 12.0. The van der Waals surface area contributed by atoms with E-state index in [-0.39, 0.29) is 81.1 Å². The van der Waals surface area contributed by atoms with E-state index in [0.717, 1.165) is 0 Å². The van der Waals surface area contributed by atoms with Crippen LogP contribution >= 0.6 is 12.6 Å². The number of amides is 2. The monoisotopic (exact) mass is 417 g/mol. The SMILES string of the molecule is NC(CCC(=O)NC(CS)C(=O)NCC(=O)O)C(=O)O.[Ca+2].[Cl-].[Cl-]. The zero-order chi connectivity index (χ0) is 15.7. The molecule has 0 aliphatic rings. The summed E-state index contributed by atoms with van der Waals surface area (Å²) in [5, 5.41) is 21.4. The van der Waals surface area contributed by atoms with E-state index in [0.29, 0.717) is 0 Å². The molecule has 0 aromatic rings. The average Bonchev–Trinajstić information content (AvgIpc) is 2.38. The standard InChI is InChI=1S/C10H17N3O6S.Ca.2ClH/c11-5(10(18)19)1-2-7(14)13-6(4-20)9(17)12-3-8(15)16;;;/h5-6,20H,1-4,11H2,(H,12,17)(H,13,14)(H,15,16)(H,18,19);;2*1H/q;+2;;/p-2. The van der Waals surface area contributed by atoms with Crippen LogP contribution in [0.2, 0.25) is 0 Å². The minimum absolute atomic E-state index is 0. The predicted molar refractivity (Wildman–Crippen MR) is 77.0 cm³/mol. The van der Waals surface area contributed by atoms with Gasteiger partial charge in [0.2, 0.25) is 11.8 Å². The van der Waals surface area contributed by atoms with Gasteiger partial charge in [0, 0.05) is 12.2 Å². The van der Waals surface area contributed by atoms with Crippen molar-refractivity contribution < 1.29 is 54.2 Å². The maximum absolute atomic E-state index is 11.5. The van der Waals surface area contributed by atoms with Crippen molar-refractivity contribution in [3.05, 3.63) is 0 Å². The number of nitrogens with one attached hydrogen (secondary N) is 2. The summed E-state index contributed by atoms with van der Waals surface area (Å²) >= 11 is 3.87. The molecule has 0 saturated heterocycles. The summed E-state index contributed by atoms with van der Waals surface area (Å²) in [4.78, 5) is 43.7. The van der Waals surface area contributed by atoms with Crippen LogP contribution in [-0.4, -0.2) is 96.1 Å². The van der Waals surface area contributed by atoms with Crippen LogP contribution in [0.5, 0.6) is 0 Å². The van der Waals surface area contributed by atoms with Crippen molar-refractivity contribution in [3.8, 4) is 0 Å². The molecule has 6 N–H and O–H groups in total. The van der Waals surface area contributed by atoms with E-state index in [1.54, 1.807) is 0 Å². The van der Waals surface area contributed by atoms with E-state index < -0.39 is 42.4 Å². The van der Waals surface area contributed by atoms with Crippen molar-refractivity contribution in [3.63, 3.8) is 0 Å². The number of carboxylic acid groups (broad SMARTS) is 2. The number of hydrogen-bond acceptors (Lipinski definition) is 6. The molecule has 0 aliphatic carbocycles. The molecule has 0 saturated carbocycles. The van der Waals surface area contributed by atoms with Crippen LogP contribution in [0.4, 0.5) is 0 Å². The third-order valence-electron chi connectivity index (χ3n) is 2.25. The maximum Gasteiger partial charge on any atom is 2.00 e. The van der Waals surface area contributed by atoms with Gasteiger partial charge in [0.1, 0.15) is 18.6 Å². The molecule has 13 heteroatoms. The number of aliphatic carboxylic acids is 2. The molecule has 23 heavy (non-hydrogen) atoms. The second-order valence-corrected chi connectivity index (χ2v) is 4.26. The Kier molecular flexibility index (Phi) is 22.6. The molecule has 0 heterocycles. The van der Waals surface area contributed by atoms with Crippen LogP contribution in [0.25, 0.3) is 0 Å². The molecule has 0 radical (unpaired) electrons. The second kappa shape index (κ2) is 16.9. The van der Waals surface area contributed by atoms with Gasteiger partial charge in [0.25, 0.3) is 0 Å². The fourth-order valence-electron chi connectivity index (χ4n) is 1.16. The first-order valence-electron chi connectivity index (χ1n) is 5.66. The van der Waals surface area contributed by atoms with E-state index in [2.05, 4.69) is 23.3 Å². The van der Waals surface area contributed by atoms with Crippen LogP contribution in [0.15, 0.2) is 0 Å². The normalized spacial score (nSPS) is 11.4. The van der Waals surface area contributed by atoms with Crippen LogP contribution in [0, 0.1) is 0 Å². The van der Waals surface area contributed by atoms with Crippen LogP contribution in [0.3, 0.4) is 0 Å². The molecule has 0 aromatic heterocycles. The molecule has 0 fully saturated rings. The molecule has 2 unspecified atom stereocenters. The van der Waals surface area contributed by atoms with E-state index >= 15 is 0 Å². The summed E-state index contributed by atoms with van der Waals surface area (Å²) < 4.78 is 0. The number of halogens is 2. The van der Waals surface area contributed by atoms with E-state index in [1.165, 1.54) is 0 Å². The van der Waals surface area contributed by atoms with Crippen molar-refractivity contribution in [1.82, 2.24) is 10.6 Å². The van der Waals surface area contributed by atoms with Gasteiger partial charge in [-0.3, -0.25) is 19.2 Å². The smallest absolute Gasteiger partial charge is 1.00 e. The Bertz CT molecular complexity index is 405. The molecule has 2 atom stereocenters. The topological polar surface area (TPSA) is 159 Å². The van der Waals surface area contributed by atoms with Gasteiger partial charge in [0.05, 0.1) is 0 Å². The predicted octanol–water partition coefficient (Wildman–Crippen LogP) is -8.58. The Morgan fingerprint density at radius 2 is 1.65 bits per heavy atom. The molecule has 130 valence electrons. The third kappa shape index (κ3) is 15.3. The minimum atomic E-state index is -1.22. The van der Waals surface area contributed by atoms with Crippen LogP contribution in [-0.2, 0) is 19.2 Å². The van der Waals surface area contributed by atoms with Gasteiger partial charge in [-0.25, -0.2) is 0 Å². The molecule has 9 nitrogen and oxygen atoms in total. The molecule has 0 rings (SSSR count). The van der Waals surface area contributed by atoms with Gasteiger partial charge in [0.15, 0.2) is 0 Å². The Morgan fingerprint density at radius 3 is 2.04 bits per heavy atom. The summed E-state index contributed by atoms with van der Waals surface area (Å²) in [6.45, 7) is -0.567. The molecule has 0 aliphatic heterocycles. The minimum Gasteiger partial charge on any atom is -1.00 e. The first-order chi connectivity index (χ1) is 9.27. The number of carbonyl (C=O) groups is 4. The summed E-state index contributed by atoms with van der Waals surface area (Å²) in [5.74, 6) is -3.70. The number of hydrogen-bond donors (Lipinski definition) is 6. The maximum atomic E-state index is 11.5. The van der Waals surface area contributed by atoms with E-state index in [4.69, 9.17) is 15.9 Å². The zero-order valence-corrected chi connectivity index (χ0v) is 16.6. The number of thiol groups is 1. The summed E-state index contributed by atoms with van der Waals surface area (Å²) in [7, 11) is 0. The Hall–Kier alpha value is 0.0297. The van der Waals surface area contributed by atoms with Crippen molar-refractivity contribution in [2.75, 3.05) is 12.3 Å². The summed E-state index contributed by atoms with van der Waals surface area (Å²) in [6.07, 6.45) is -0.235. The Balaban J connectivity index is -0.000000602. The van der Waals surface area contributed by atoms with Gasteiger partial charge in [-0.05, 0) is 6.42 Å². The van der Waals surface area contributed by atoms with E-state index in [1.807, 2.05) is 0 Å². The largest absolute Gasteiger partial charge is 2.00 e. The van der Waals surface area contributed by atoms with Crippen LogP contribution < -0.4 is 41.2 Å². The summed E-state index contributed by atoms with van der Waals surface area (Å²) in [5.41, 5.74) is 5.23. The molecule has 0 aromatic carbocycles. The Labute approximate surface area is 180 Å². The molecule has 0 bridgehead atoms. The number of carboxylic acids is 2. The van der Waals surface area contributed by atoms with Gasteiger partial charge >= 0.3 is 49.7 Å². The third-order valence-corrected chi connectivity index (χ3v) is 2.61. The molecular formula is C10H17CaCl2N3O6S. The van der Waals surface area contributed by atoms with Crippen molar-refractivity contribution >= 4 is 74.1 Å². The Morgan fingerprint density at radius 1 is 1.13 bits per heavy atom. The molecular weight excluding hydrogens is 401 g/mol. The van der Waals surface area contributed by atoms with Gasteiger partial charge in [-0.15, -0.1) is 0 Å². The van der Waals surface area contributed by atoms with E-state index in [9.17, 15) is 19.2 Å². The first kappa shape index (κ1) is 30.9. The number of nitrogens with two attached hydrogens (primary N) is 1. The fourth-order valence-corrected chi connectivity index (χ4v) is 1.41. The van der Waals surface area contributed by atoms with Crippen molar-refractivity contribution in [1.29, 1.82) is 0 Å². The molecule has 2 amide bonds. The first-order valence-corrected chi connectivity index (χ1v) is 6.29. The van der Waals surface area contributed by atoms with Crippen LogP contribution in [0.1, 0.15) is 12.8 Å². The molecule has 0 spiro atoms. The second-order valence-electron chi connectivity index (χ2n) is 3.90. The quantitative estimate of drug-likeness (QED) is 0.160. The summed E-state index contributed by atoms with van der Waals surface area (Å²) in [6, 6.07) is -2.15. The fraction of sp³-hybridized carbons (Fsp3) is 0.600. The van der Waals surface area contributed by atoms with Crippen molar-refractivity contribution in [2.45, 2.75) is 24.9 Å². The van der Waals surface area contributed by atoms with Gasteiger partial charge in [-0.2, -0.15) is 12.6 Å². The average molecular weight is 418 g/mol. The van der Waals surface area contributed by atoms with Crippen molar-refractivity contribution in [2.24, 2.45) is 5.73 Å². The number of rotatable bonds is 9. The number of carbonyl (C=O) groups excluding carboxylic acids is 2.